The Bertz CT molecular complexity index is 751. The molecule has 12 nitrogen and oxygen atoms in total. The molecule has 0 heterocycles. The van der Waals surface area contributed by atoms with Gasteiger partial charge < -0.3 is 22.3 Å². The molecule has 0 saturated heterocycles. The fourth-order valence-electron chi connectivity index (χ4n) is 1.25. The topological polar surface area (TPSA) is 221 Å². The Morgan fingerprint density at radius 2 is 1.86 bits per heavy atom. The molecule has 1 aromatic carbocycles. The highest BCUT2D eigenvalue weighted by Crippen LogP contribution is 2.37. The van der Waals surface area contributed by atoms with Crippen molar-refractivity contribution in [1.29, 1.82) is 0 Å². The summed E-state index contributed by atoms with van der Waals surface area (Å²) in [5.41, 5.74) is 14.0. The maximum absolute atomic E-state index is 11.1. The zero-order valence-electron chi connectivity index (χ0n) is 10.2. The van der Waals surface area contributed by atoms with E-state index in [1.165, 1.54) is 0 Å². The quantitative estimate of drug-likeness (QED) is 0.148. The number of nitro groups is 1. The van der Waals surface area contributed by atoms with Crippen molar-refractivity contribution in [3.8, 4) is 5.75 Å². The highest BCUT2D eigenvalue weighted by atomic mass is 32.2. The van der Waals surface area contributed by atoms with Gasteiger partial charge in [-0.1, -0.05) is 0 Å². The Balaban J connectivity index is 3.63. The van der Waals surface area contributed by atoms with E-state index in [-0.39, 0.29) is 0 Å². The van der Waals surface area contributed by atoms with Gasteiger partial charge in [0.25, 0.3) is 15.8 Å². The summed E-state index contributed by atoms with van der Waals surface area (Å²) in [6.45, 7) is 0. The monoisotopic (exact) mass is 318 g/mol. The molecule has 0 aliphatic rings. The van der Waals surface area contributed by atoms with Gasteiger partial charge in [-0.15, -0.1) is 0 Å². The first-order valence-corrected chi connectivity index (χ1v) is 6.39. The molecule has 21 heavy (non-hydrogen) atoms. The second-order valence-electron chi connectivity index (χ2n) is 3.55. The molecule has 0 amide bonds. The highest BCUT2D eigenvalue weighted by Gasteiger charge is 2.24. The summed E-state index contributed by atoms with van der Waals surface area (Å²) in [4.78, 5) is 15.4. The number of phenolic OH excluding ortho intramolecular Hbond substituents is 1. The van der Waals surface area contributed by atoms with Crippen LogP contribution in [0.2, 0.25) is 0 Å². The van der Waals surface area contributed by atoms with Crippen LogP contribution in [0.5, 0.6) is 5.75 Å². The summed E-state index contributed by atoms with van der Waals surface area (Å²) in [6.07, 6.45) is 0. The fourth-order valence-corrected chi connectivity index (χ4v) is 1.87. The molecule has 0 aliphatic heterocycles. The first kappa shape index (κ1) is 16.1. The average Bonchev–Trinajstić information content (AvgIpc) is 2.28. The third-order valence-electron chi connectivity index (χ3n) is 2.01. The van der Waals surface area contributed by atoms with Crippen LogP contribution < -0.4 is 17.2 Å². The Morgan fingerprint density at radius 3 is 2.29 bits per heavy atom. The molecule has 1 rings (SSSR count). The van der Waals surface area contributed by atoms with Gasteiger partial charge in [-0.3, -0.25) is 14.7 Å². The Kier molecular flexibility index (Phi) is 4.30. The lowest BCUT2D eigenvalue weighted by Gasteiger charge is -2.05. The lowest BCUT2D eigenvalue weighted by atomic mass is 10.2. The Morgan fingerprint density at radius 1 is 1.29 bits per heavy atom. The van der Waals surface area contributed by atoms with Gasteiger partial charge in [0.05, 0.1) is 4.92 Å². The summed E-state index contributed by atoms with van der Waals surface area (Å²) < 4.78 is 31.1. The van der Waals surface area contributed by atoms with Crippen LogP contribution in [0, 0.1) is 10.1 Å². The standard InChI is InChI=1S/C8H10N6O6S/c9-7(10)13-8(11)12-4-1-3(14(16)17)2-5(6(4)15)21(18,19)20/h1-2,15H,(H,18,19,20)(H6,9,10,11,12,13). The summed E-state index contributed by atoms with van der Waals surface area (Å²) in [5, 5.41) is 20.4. The minimum absolute atomic E-state index is 0.459. The molecule has 114 valence electrons. The maximum Gasteiger partial charge on any atom is 0.298 e. The van der Waals surface area contributed by atoms with Gasteiger partial charge in [-0.2, -0.15) is 13.4 Å². The normalized spacial score (nSPS) is 12.0. The van der Waals surface area contributed by atoms with Crippen LogP contribution in [0.1, 0.15) is 0 Å². The van der Waals surface area contributed by atoms with Gasteiger partial charge in [0, 0.05) is 12.1 Å². The number of nitro benzene ring substituents is 1. The number of non-ortho nitro benzene ring substituents is 1. The van der Waals surface area contributed by atoms with Crippen LogP contribution in [0.3, 0.4) is 0 Å². The SMILES string of the molecule is NC(N)=NC(N)=Nc1cc([N+](=O)[O-])cc(S(=O)(=O)O)c1O. The summed E-state index contributed by atoms with van der Waals surface area (Å²) in [5.74, 6) is -2.11. The van der Waals surface area contributed by atoms with Crippen molar-refractivity contribution in [2.75, 3.05) is 0 Å². The number of aliphatic imine (C=N–C) groups is 2. The predicted molar refractivity (Wildman–Crippen MR) is 71.7 cm³/mol. The van der Waals surface area contributed by atoms with Gasteiger partial charge in [-0.05, 0) is 0 Å². The maximum atomic E-state index is 11.1. The van der Waals surface area contributed by atoms with Crippen molar-refractivity contribution in [3.63, 3.8) is 0 Å². The largest absolute Gasteiger partial charge is 0.504 e. The number of nitrogens with two attached hydrogens (primary N) is 3. The molecule has 0 aromatic heterocycles. The number of rotatable bonds is 3. The van der Waals surface area contributed by atoms with Crippen LogP contribution >= 0.6 is 0 Å². The van der Waals surface area contributed by atoms with Crippen molar-refractivity contribution in [2.45, 2.75) is 4.90 Å². The van der Waals surface area contributed by atoms with Gasteiger partial charge >= 0.3 is 0 Å². The Hall–Kier alpha value is -2.93. The van der Waals surface area contributed by atoms with E-state index in [2.05, 4.69) is 9.98 Å². The molecule has 13 heteroatoms. The molecule has 0 bridgehead atoms. The number of nitrogens with zero attached hydrogens (tertiary/aromatic N) is 3. The van der Waals surface area contributed by atoms with Crippen LogP contribution in [-0.2, 0) is 10.1 Å². The highest BCUT2D eigenvalue weighted by molar-refractivity contribution is 7.86. The average molecular weight is 318 g/mol. The van der Waals surface area contributed by atoms with Crippen LogP contribution in [-0.4, -0.2) is 34.9 Å². The van der Waals surface area contributed by atoms with E-state index in [9.17, 15) is 23.6 Å². The summed E-state index contributed by atoms with van der Waals surface area (Å²) in [7, 11) is -4.92. The second kappa shape index (κ2) is 5.59. The molecular weight excluding hydrogens is 308 g/mol. The van der Waals surface area contributed by atoms with Gasteiger partial charge in [0.2, 0.25) is 5.96 Å². The third kappa shape index (κ3) is 4.02. The van der Waals surface area contributed by atoms with Gasteiger partial charge in [-0.25, -0.2) is 4.99 Å². The number of phenols is 1. The second-order valence-corrected chi connectivity index (χ2v) is 4.94. The Labute approximate surface area is 117 Å². The van der Waals surface area contributed by atoms with Crippen LogP contribution in [0.4, 0.5) is 11.4 Å². The van der Waals surface area contributed by atoms with E-state index in [0.29, 0.717) is 6.07 Å². The van der Waals surface area contributed by atoms with E-state index in [0.717, 1.165) is 6.07 Å². The number of guanidine groups is 2. The number of benzene rings is 1. The lowest BCUT2D eigenvalue weighted by molar-refractivity contribution is -0.385. The van der Waals surface area contributed by atoms with Crippen LogP contribution in [0.15, 0.2) is 27.0 Å². The number of hydrogen-bond acceptors (Lipinski definition) is 6. The number of hydrogen-bond donors (Lipinski definition) is 5. The van der Waals surface area contributed by atoms with E-state index in [4.69, 9.17) is 21.8 Å². The minimum atomic E-state index is -4.92. The zero-order valence-corrected chi connectivity index (χ0v) is 11.0. The molecule has 0 saturated carbocycles. The summed E-state index contributed by atoms with van der Waals surface area (Å²) >= 11 is 0. The smallest absolute Gasteiger partial charge is 0.298 e. The molecule has 1 aromatic rings. The van der Waals surface area contributed by atoms with E-state index in [1.807, 2.05) is 0 Å². The van der Waals surface area contributed by atoms with Crippen LogP contribution in [0.25, 0.3) is 0 Å². The van der Waals surface area contributed by atoms with Crippen molar-refractivity contribution < 1.29 is 23.0 Å². The van der Waals surface area contributed by atoms with Gasteiger partial charge in [0.1, 0.15) is 10.6 Å². The predicted octanol–water partition coefficient (Wildman–Crippen LogP) is -1.23. The lowest BCUT2D eigenvalue weighted by Crippen LogP contribution is -2.26. The van der Waals surface area contributed by atoms with Crippen molar-refractivity contribution in [1.82, 2.24) is 0 Å². The van der Waals surface area contributed by atoms with Crippen molar-refractivity contribution >= 4 is 33.4 Å². The van der Waals surface area contributed by atoms with Gasteiger partial charge in [0.15, 0.2) is 11.7 Å². The van der Waals surface area contributed by atoms with E-state index < -0.39 is 49.0 Å². The third-order valence-corrected chi connectivity index (χ3v) is 2.87. The van der Waals surface area contributed by atoms with Crippen molar-refractivity contribution in [3.05, 3.63) is 22.2 Å². The zero-order chi connectivity index (χ0) is 16.4. The minimum Gasteiger partial charge on any atom is -0.504 e. The summed E-state index contributed by atoms with van der Waals surface area (Å²) in [6, 6.07) is 1.18. The molecule has 8 N–H and O–H groups in total. The molecule has 0 spiro atoms. The molecule has 0 aliphatic carbocycles. The molecule has 0 unspecified atom stereocenters. The number of aromatic hydroxyl groups is 1. The molecular formula is C8H10N6O6S. The van der Waals surface area contributed by atoms with E-state index >= 15 is 0 Å². The molecule has 0 atom stereocenters. The fraction of sp³-hybridized carbons (Fsp3) is 0. The first-order chi connectivity index (χ1) is 9.52. The molecule has 0 radical (unpaired) electrons. The first-order valence-electron chi connectivity index (χ1n) is 4.95. The van der Waals surface area contributed by atoms with E-state index in [1.54, 1.807) is 0 Å². The molecule has 0 fully saturated rings. The van der Waals surface area contributed by atoms with Crippen molar-refractivity contribution in [2.24, 2.45) is 27.2 Å².